The number of benzene rings is 1. The number of aliphatic imine (C=N–C) groups is 1. The first-order valence-corrected chi connectivity index (χ1v) is 12.2. The Balaban J connectivity index is 1.60. The Bertz CT molecular complexity index is 1260. The van der Waals surface area contributed by atoms with Gasteiger partial charge in [0.1, 0.15) is 5.82 Å². The number of pyridine rings is 1. The molecule has 0 bridgehead atoms. The fourth-order valence-electron chi connectivity index (χ4n) is 3.76. The van der Waals surface area contributed by atoms with Crippen molar-refractivity contribution in [2.45, 2.75) is 32.1 Å². The average Bonchev–Trinajstić information content (AvgIpc) is 3.31. The number of ether oxygens (including phenoxy) is 1. The predicted molar refractivity (Wildman–Crippen MR) is 119 cm³/mol. The molecule has 2 aromatic rings. The Hall–Kier alpha value is -2.79. The Kier molecular flexibility index (Phi) is 6.76. The monoisotopic (exact) mass is 531 g/mol. The molecule has 184 valence electrons. The van der Waals surface area contributed by atoms with Crippen molar-refractivity contribution in [1.29, 1.82) is 0 Å². The fourth-order valence-corrected chi connectivity index (χ4v) is 7.11. The third-order valence-electron chi connectivity index (χ3n) is 5.44. The highest BCUT2D eigenvalue weighted by molar-refractivity contribution is 7.14. The van der Waals surface area contributed by atoms with E-state index < -0.39 is 51.1 Å². The van der Waals surface area contributed by atoms with E-state index in [0.717, 1.165) is 4.43 Å². The van der Waals surface area contributed by atoms with Crippen LogP contribution in [0, 0.1) is 0 Å². The molecule has 2 aliphatic heterocycles. The van der Waals surface area contributed by atoms with Crippen molar-refractivity contribution in [2.24, 2.45) is 10.7 Å². The van der Waals surface area contributed by atoms with E-state index in [2.05, 4.69) is 20.6 Å². The lowest BCUT2D eigenvalue weighted by molar-refractivity contribution is -0.162. The SMILES string of the molecule is CC(=O)c1c[c]2c(nc1OCC(F)F)N=[C]1Nc3[c](ccc(CNC(=O)C(N)C(F)(F)F)c3Cl)[Al]12. The van der Waals surface area contributed by atoms with Gasteiger partial charge in [-0.05, 0) is 12.5 Å². The molecule has 3 heterocycles. The number of nitrogens with zero attached hydrogens (tertiary/aromatic N) is 2. The van der Waals surface area contributed by atoms with Gasteiger partial charge in [-0.3, -0.25) is 9.59 Å². The minimum Gasteiger partial charge on any atom is -0.471 e. The van der Waals surface area contributed by atoms with Crippen LogP contribution in [0.25, 0.3) is 0 Å². The molecular weight excluding hydrogens is 516 g/mol. The first kappa shape index (κ1) is 25.3. The number of hydrogen-bond donors (Lipinski definition) is 3. The van der Waals surface area contributed by atoms with Crippen LogP contribution in [0.3, 0.4) is 0 Å². The zero-order valence-electron chi connectivity index (χ0n) is 17.8. The van der Waals surface area contributed by atoms with Crippen LogP contribution in [0.1, 0.15) is 22.8 Å². The van der Waals surface area contributed by atoms with Gasteiger partial charge in [-0.25, -0.2) is 13.8 Å². The lowest BCUT2D eigenvalue weighted by atomic mass is 10.2. The molecule has 0 spiro atoms. The molecule has 1 atom stereocenters. The van der Waals surface area contributed by atoms with Crippen LogP contribution in [0.5, 0.6) is 5.88 Å². The van der Waals surface area contributed by atoms with Gasteiger partial charge in [-0.1, -0.05) is 38.7 Å². The number of rotatable bonds is 7. The number of halogens is 6. The van der Waals surface area contributed by atoms with Crippen LogP contribution < -0.4 is 30.0 Å². The molecule has 15 heteroatoms. The standard InChI is InChI=1S/C20H16ClF5N5O3.Al/c1-10(32)12-5-6-15(31-19(12)34-8-14(22)23)30-9-29-13-4-2-3-11(16(13)21)7-28-18(33)17(27)20(24,25)26;/h2-3,5,14,17H,7-8,27H2,1H3,(H,28,33)(H,29,30,31);. The largest absolute Gasteiger partial charge is 0.471 e. The third kappa shape index (κ3) is 4.84. The van der Waals surface area contributed by atoms with E-state index in [1.807, 2.05) is 0 Å². The van der Waals surface area contributed by atoms with Gasteiger partial charge in [0.25, 0.3) is 6.43 Å². The average molecular weight is 532 g/mol. The van der Waals surface area contributed by atoms with Crippen LogP contribution in [-0.4, -0.2) is 60.8 Å². The molecule has 0 saturated heterocycles. The summed E-state index contributed by atoms with van der Waals surface area (Å²) >= 11 is 4.25. The number of carbonyl (C=O) groups is 2. The quantitative estimate of drug-likeness (QED) is 0.284. The molecule has 0 saturated carbocycles. The maximum absolute atomic E-state index is 12.6. The Morgan fingerprint density at radius 2 is 2.00 bits per heavy atom. The summed E-state index contributed by atoms with van der Waals surface area (Å²) in [5, 5.41) is 5.39. The van der Waals surface area contributed by atoms with Gasteiger partial charge >= 0.3 is 20.3 Å². The van der Waals surface area contributed by atoms with Crippen molar-refractivity contribution in [3.05, 3.63) is 34.3 Å². The number of anilines is 1. The number of amidine groups is 1. The van der Waals surface area contributed by atoms with Gasteiger partial charge < -0.3 is 21.1 Å². The first-order valence-electron chi connectivity index (χ1n) is 10.1. The fraction of sp³-hybridized carbons (Fsp3) is 0.300. The second kappa shape index (κ2) is 9.35. The summed E-state index contributed by atoms with van der Waals surface area (Å²) in [5.74, 6) is -1.78. The van der Waals surface area contributed by atoms with Crippen LogP contribution in [0.15, 0.2) is 23.2 Å². The number of aromatic nitrogens is 1. The van der Waals surface area contributed by atoms with Crippen molar-refractivity contribution >= 4 is 62.5 Å². The molecule has 1 aromatic heterocycles. The van der Waals surface area contributed by atoms with Crippen LogP contribution >= 0.6 is 11.6 Å². The highest BCUT2D eigenvalue weighted by atomic mass is 35.5. The molecule has 8 nitrogen and oxygen atoms in total. The number of ketones is 1. The molecule has 35 heavy (non-hydrogen) atoms. The van der Waals surface area contributed by atoms with Gasteiger partial charge in [0.05, 0.1) is 10.6 Å². The maximum atomic E-state index is 12.6. The highest BCUT2D eigenvalue weighted by Crippen LogP contribution is 2.33. The van der Waals surface area contributed by atoms with Gasteiger partial charge in [0.2, 0.25) is 11.8 Å². The molecular formula is C20H16AlClF5N5O3. The van der Waals surface area contributed by atoms with Crippen molar-refractivity contribution in [3.63, 3.8) is 0 Å². The molecule has 4 rings (SSSR count). The molecule has 2 aliphatic rings. The Labute approximate surface area is 204 Å². The van der Waals surface area contributed by atoms with E-state index in [0.29, 0.717) is 20.4 Å². The summed E-state index contributed by atoms with van der Waals surface area (Å²) in [7, 11) is 0. The van der Waals surface area contributed by atoms with Crippen molar-refractivity contribution in [1.82, 2.24) is 10.3 Å². The molecule has 4 N–H and O–H groups in total. The van der Waals surface area contributed by atoms with E-state index in [1.165, 1.54) is 13.0 Å². The summed E-state index contributed by atoms with van der Waals surface area (Å²) in [6, 6.07) is 2.15. The van der Waals surface area contributed by atoms with Gasteiger partial charge in [0.15, 0.2) is 18.4 Å². The number of amides is 1. The minimum atomic E-state index is -4.88. The van der Waals surface area contributed by atoms with E-state index in [1.54, 1.807) is 12.1 Å². The van der Waals surface area contributed by atoms with Gasteiger partial charge in [-0.2, -0.15) is 18.2 Å². The van der Waals surface area contributed by atoms with E-state index in [9.17, 15) is 31.5 Å². The van der Waals surface area contributed by atoms with Crippen molar-refractivity contribution < 1.29 is 36.3 Å². The number of nitrogens with two attached hydrogens (primary N) is 1. The zero-order chi connectivity index (χ0) is 25.7. The predicted octanol–water partition coefficient (Wildman–Crippen LogP) is 1.70. The summed E-state index contributed by atoms with van der Waals surface area (Å²) in [4.78, 5) is 32.4. The minimum absolute atomic E-state index is 0.0493. The smallest absolute Gasteiger partial charge is 0.446 e. The molecule has 1 aromatic carbocycles. The lowest BCUT2D eigenvalue weighted by Gasteiger charge is -2.16. The number of fused-ring (bicyclic) bond motifs is 5. The van der Waals surface area contributed by atoms with Gasteiger partial charge in [0, 0.05) is 16.9 Å². The molecule has 1 unspecified atom stereocenters. The highest BCUT2D eigenvalue weighted by Gasteiger charge is 2.45. The number of alkyl halides is 5. The number of hydrogen-bond acceptors (Lipinski definition) is 7. The number of carbonyl (C=O) groups excluding carboxylic acids is 2. The van der Waals surface area contributed by atoms with Crippen molar-refractivity contribution in [3.8, 4) is 5.88 Å². The first-order chi connectivity index (χ1) is 16.4. The molecule has 0 radical (unpaired) electrons. The normalized spacial score (nSPS) is 14.7. The van der Waals surface area contributed by atoms with E-state index >= 15 is 0 Å². The third-order valence-corrected chi connectivity index (χ3v) is 8.84. The van der Waals surface area contributed by atoms with Crippen LogP contribution in [0.4, 0.5) is 33.5 Å². The summed E-state index contributed by atoms with van der Waals surface area (Å²) in [6.45, 7) is 0.0554. The molecule has 0 aliphatic carbocycles. The summed E-state index contributed by atoms with van der Waals surface area (Å²) in [5.41, 5.74) is 5.80. The Morgan fingerprint density at radius 3 is 2.63 bits per heavy atom. The number of Topliss-reactive ketones (excluding diaryl/α,β-unsaturated/α-hetero) is 1. The van der Waals surface area contributed by atoms with Crippen LogP contribution in [0.2, 0.25) is 5.02 Å². The maximum Gasteiger partial charge on any atom is 0.446 e. The van der Waals surface area contributed by atoms with E-state index in [-0.39, 0.29) is 28.8 Å². The topological polar surface area (TPSA) is 119 Å². The summed E-state index contributed by atoms with van der Waals surface area (Å²) in [6.07, 6.45) is -7.62. The Morgan fingerprint density at radius 1 is 1.29 bits per heavy atom. The second-order valence-electron chi connectivity index (χ2n) is 7.81. The zero-order valence-corrected chi connectivity index (χ0v) is 19.8. The summed E-state index contributed by atoms with van der Waals surface area (Å²) < 4.78 is 70.0. The molecule has 1 amide bonds. The van der Waals surface area contributed by atoms with Crippen molar-refractivity contribution in [2.75, 3.05) is 11.9 Å². The van der Waals surface area contributed by atoms with E-state index in [4.69, 9.17) is 22.1 Å². The van der Waals surface area contributed by atoms with Gasteiger partial charge in [-0.15, -0.1) is 0 Å². The second-order valence-corrected chi connectivity index (χ2v) is 10.8. The number of nitrogens with one attached hydrogen (secondary N) is 2. The molecule has 0 fully saturated rings. The lowest BCUT2D eigenvalue weighted by Crippen LogP contribution is -2.49. The van der Waals surface area contributed by atoms with Crippen LogP contribution in [-0.2, 0) is 11.3 Å².